The van der Waals surface area contributed by atoms with Crippen molar-refractivity contribution >= 4 is 22.6 Å². The van der Waals surface area contributed by atoms with Crippen molar-refractivity contribution in [3.63, 3.8) is 0 Å². The van der Waals surface area contributed by atoms with Crippen molar-refractivity contribution in [2.24, 2.45) is 5.92 Å². The topological polar surface area (TPSA) is 119 Å². The summed E-state index contributed by atoms with van der Waals surface area (Å²) in [7, 11) is 1.34. The van der Waals surface area contributed by atoms with Crippen molar-refractivity contribution in [3.8, 4) is 5.75 Å². The van der Waals surface area contributed by atoms with Crippen molar-refractivity contribution < 1.29 is 13.5 Å². The molecule has 2 aromatic heterocycles. The number of anilines is 2. The number of nitrogens with zero attached hydrogens (tertiary/aromatic N) is 3. The third kappa shape index (κ3) is 3.17. The van der Waals surface area contributed by atoms with Crippen LogP contribution in [0.3, 0.4) is 0 Å². The number of aromatic nitrogens is 3. The van der Waals surface area contributed by atoms with E-state index in [4.69, 9.17) is 14.9 Å². The molecule has 0 radical (unpaired) electrons. The fourth-order valence-corrected chi connectivity index (χ4v) is 4.79. The molecule has 31 heavy (non-hydrogen) atoms. The summed E-state index contributed by atoms with van der Waals surface area (Å²) in [4.78, 5) is 33.6. The molecule has 2 aliphatic rings. The average Bonchev–Trinajstić information content (AvgIpc) is 3.32. The van der Waals surface area contributed by atoms with Crippen LogP contribution in [-0.4, -0.2) is 34.7 Å². The van der Waals surface area contributed by atoms with Crippen LogP contribution in [-0.2, 0) is 6.42 Å². The van der Waals surface area contributed by atoms with Crippen LogP contribution < -0.4 is 26.6 Å². The predicted octanol–water partition coefficient (Wildman–Crippen LogP) is 2.12. The highest BCUT2D eigenvalue weighted by molar-refractivity contribution is 5.93. The Bertz CT molecular complexity index is 1290. The van der Waals surface area contributed by atoms with E-state index in [1.54, 1.807) is 17.8 Å². The summed E-state index contributed by atoms with van der Waals surface area (Å²) in [6.45, 7) is 3.01. The molecule has 10 heteroatoms. The molecule has 1 saturated carbocycles. The second-order valence-electron chi connectivity index (χ2n) is 8.39. The number of fused-ring (bicyclic) bond motifs is 1. The standard InChI is InChI=1S/C21H24FN5O4/c1-10-16-14(19(28)25-21(29)27(16)13-3-4-13)18(30-2)15(22)17(10)26-6-5-11(8-26)7-12-9-31-20(23)24-12/h9,11,13H,3-8H2,1-2H3,(H2,23,24)(H,25,28,29). The van der Waals surface area contributed by atoms with Crippen LogP contribution in [0.1, 0.15) is 36.6 Å². The number of hydrogen-bond donors (Lipinski definition) is 2. The molecule has 9 nitrogen and oxygen atoms in total. The van der Waals surface area contributed by atoms with E-state index >= 15 is 4.39 Å². The fraction of sp³-hybridized carbons (Fsp3) is 0.476. The summed E-state index contributed by atoms with van der Waals surface area (Å²) in [5.41, 5.74) is 6.64. The van der Waals surface area contributed by atoms with Crippen molar-refractivity contribution in [1.82, 2.24) is 14.5 Å². The molecule has 3 N–H and O–H groups in total. The quantitative estimate of drug-likeness (QED) is 0.637. The Morgan fingerprint density at radius 3 is 2.77 bits per heavy atom. The van der Waals surface area contributed by atoms with Crippen LogP contribution in [0.5, 0.6) is 5.75 Å². The molecular weight excluding hydrogens is 405 g/mol. The maximum atomic E-state index is 15.7. The minimum Gasteiger partial charge on any atom is -0.493 e. The Kier molecular flexibility index (Phi) is 4.53. The molecule has 5 rings (SSSR count). The Morgan fingerprint density at radius 2 is 2.13 bits per heavy atom. The molecule has 0 spiro atoms. The normalized spacial score (nSPS) is 18.8. The molecular formula is C21H24FN5O4. The Balaban J connectivity index is 1.61. The first kappa shape index (κ1) is 19.7. The van der Waals surface area contributed by atoms with Crippen molar-refractivity contribution in [2.45, 2.75) is 38.6 Å². The maximum absolute atomic E-state index is 15.7. The molecule has 3 heterocycles. The molecule has 0 amide bonds. The van der Waals surface area contributed by atoms with Gasteiger partial charge in [0, 0.05) is 24.7 Å². The van der Waals surface area contributed by atoms with Gasteiger partial charge in [0.25, 0.3) is 11.6 Å². The fourth-order valence-electron chi connectivity index (χ4n) is 4.79. The maximum Gasteiger partial charge on any atom is 0.329 e. The monoisotopic (exact) mass is 429 g/mol. The lowest BCUT2D eigenvalue weighted by atomic mass is 10.0. The van der Waals surface area contributed by atoms with Gasteiger partial charge in [-0.05, 0) is 38.5 Å². The second-order valence-corrected chi connectivity index (χ2v) is 8.39. The molecule has 1 unspecified atom stereocenters. The van der Waals surface area contributed by atoms with Gasteiger partial charge in [0.2, 0.25) is 0 Å². The number of methoxy groups -OCH3 is 1. The van der Waals surface area contributed by atoms with Gasteiger partial charge >= 0.3 is 5.69 Å². The molecule has 1 saturated heterocycles. The number of H-pyrrole nitrogens is 1. The van der Waals surface area contributed by atoms with Crippen molar-refractivity contribution in [3.05, 3.63) is 44.2 Å². The predicted molar refractivity (Wildman–Crippen MR) is 113 cm³/mol. The van der Waals surface area contributed by atoms with E-state index < -0.39 is 17.1 Å². The van der Waals surface area contributed by atoms with Gasteiger partial charge < -0.3 is 19.8 Å². The number of rotatable bonds is 5. The third-order valence-electron chi connectivity index (χ3n) is 6.27. The number of hydrogen-bond acceptors (Lipinski definition) is 7. The lowest BCUT2D eigenvalue weighted by Gasteiger charge is -2.25. The summed E-state index contributed by atoms with van der Waals surface area (Å²) in [5, 5.41) is 0.0848. The van der Waals surface area contributed by atoms with Gasteiger partial charge in [-0.25, -0.2) is 9.18 Å². The number of halogens is 1. The lowest BCUT2D eigenvalue weighted by molar-refractivity contribution is 0.391. The first-order valence-electron chi connectivity index (χ1n) is 10.4. The molecule has 164 valence electrons. The molecule has 0 bridgehead atoms. The first-order valence-corrected chi connectivity index (χ1v) is 10.4. The molecule has 1 atom stereocenters. The first-order chi connectivity index (χ1) is 14.9. The molecule has 1 aliphatic carbocycles. The van der Waals surface area contributed by atoms with Crippen LogP contribution in [0.25, 0.3) is 10.9 Å². The van der Waals surface area contributed by atoms with Crippen LogP contribution in [0.4, 0.5) is 16.1 Å². The van der Waals surface area contributed by atoms with Gasteiger partial charge in [-0.2, -0.15) is 4.98 Å². The third-order valence-corrected chi connectivity index (χ3v) is 6.27. The summed E-state index contributed by atoms with van der Waals surface area (Å²) >= 11 is 0. The minimum absolute atomic E-state index is 0.0116. The van der Waals surface area contributed by atoms with Gasteiger partial charge in [0.1, 0.15) is 11.6 Å². The summed E-state index contributed by atoms with van der Waals surface area (Å²) in [6.07, 6.45) is 4.76. The van der Waals surface area contributed by atoms with E-state index in [-0.39, 0.29) is 29.1 Å². The number of benzene rings is 1. The number of nitrogens with one attached hydrogen (secondary N) is 1. The number of ether oxygens (including phenoxy) is 1. The highest BCUT2D eigenvalue weighted by Crippen LogP contribution is 2.43. The van der Waals surface area contributed by atoms with Crippen molar-refractivity contribution in [1.29, 1.82) is 0 Å². The van der Waals surface area contributed by atoms with Crippen LogP contribution in [0.15, 0.2) is 20.3 Å². The molecule has 1 aliphatic heterocycles. The highest BCUT2D eigenvalue weighted by Gasteiger charge is 2.34. The zero-order valence-electron chi connectivity index (χ0n) is 17.4. The van der Waals surface area contributed by atoms with Crippen LogP contribution >= 0.6 is 0 Å². The van der Waals surface area contributed by atoms with Crippen LogP contribution in [0, 0.1) is 18.7 Å². The zero-order valence-corrected chi connectivity index (χ0v) is 17.4. The summed E-state index contributed by atoms with van der Waals surface area (Å²) < 4.78 is 27.7. The van der Waals surface area contributed by atoms with Gasteiger partial charge in [-0.3, -0.25) is 14.3 Å². The highest BCUT2D eigenvalue weighted by atomic mass is 19.1. The van der Waals surface area contributed by atoms with E-state index in [2.05, 4.69) is 9.97 Å². The van der Waals surface area contributed by atoms with E-state index in [9.17, 15) is 9.59 Å². The number of aryl methyl sites for hydroxylation is 1. The average molecular weight is 429 g/mol. The van der Waals surface area contributed by atoms with E-state index in [0.717, 1.165) is 25.0 Å². The smallest absolute Gasteiger partial charge is 0.329 e. The summed E-state index contributed by atoms with van der Waals surface area (Å²) in [5.74, 6) is -0.459. The Labute approximate surface area is 176 Å². The van der Waals surface area contributed by atoms with Gasteiger partial charge in [-0.15, -0.1) is 0 Å². The number of aromatic amines is 1. The molecule has 2 fully saturated rings. The SMILES string of the molecule is COc1c(F)c(N2CCC(Cc3coc(N)n3)C2)c(C)c2c1c(=O)[nH]c(=O)n2C1CC1. The van der Waals surface area contributed by atoms with Gasteiger partial charge in [0.05, 0.1) is 24.0 Å². The van der Waals surface area contributed by atoms with E-state index in [0.29, 0.717) is 36.3 Å². The van der Waals surface area contributed by atoms with Crippen LogP contribution in [0.2, 0.25) is 0 Å². The van der Waals surface area contributed by atoms with Crippen molar-refractivity contribution in [2.75, 3.05) is 30.8 Å². The van der Waals surface area contributed by atoms with Gasteiger partial charge in [-0.1, -0.05) is 0 Å². The number of nitrogen functional groups attached to an aromatic ring is 1. The Morgan fingerprint density at radius 1 is 1.35 bits per heavy atom. The van der Waals surface area contributed by atoms with E-state index in [1.807, 2.05) is 4.90 Å². The van der Waals surface area contributed by atoms with Gasteiger partial charge in [0.15, 0.2) is 11.6 Å². The zero-order chi connectivity index (χ0) is 21.9. The molecule has 3 aromatic rings. The summed E-state index contributed by atoms with van der Waals surface area (Å²) in [6, 6.07) is 0.145. The Hall–Kier alpha value is -3.30. The molecule has 1 aromatic carbocycles. The second kappa shape index (κ2) is 7.14. The lowest BCUT2D eigenvalue weighted by Crippen LogP contribution is -2.32. The van der Waals surface area contributed by atoms with E-state index in [1.165, 1.54) is 7.11 Å². The number of oxazole rings is 1. The number of nitrogens with two attached hydrogens (primary N) is 1. The minimum atomic E-state index is -0.634. The largest absolute Gasteiger partial charge is 0.493 e.